The lowest BCUT2D eigenvalue weighted by atomic mass is 9.70. The molecule has 3 amide bonds. The number of fused-ring (bicyclic) bond motifs is 3. The van der Waals surface area contributed by atoms with E-state index in [9.17, 15) is 19.2 Å². The van der Waals surface area contributed by atoms with Crippen LogP contribution < -0.4 is 16.0 Å². The standard InChI is InChI=1S/C34H40N4O6/c1-33(2)23-15-16-34(33,3)28(18-23)44-32(43)38-26(17-22-19-35-25-12-8-7-11-24(22)25)31(42)36-20-27(21-9-5-4-6-10-21)37-29(39)13-14-30(40)41/h4-14,19,23,26-28,35H,15-18,20H2,1-3H3,(H,36,42)(H,37,39)(H,38,43)(H,40,41)/b14-13+/t23?,26-,27+,28+,34?/m1/s1. The van der Waals surface area contributed by atoms with Gasteiger partial charge in [0.1, 0.15) is 12.1 Å². The molecule has 2 aliphatic carbocycles. The average Bonchev–Trinajstić information content (AvgIpc) is 3.57. The summed E-state index contributed by atoms with van der Waals surface area (Å²) >= 11 is 0. The predicted octanol–water partition coefficient (Wildman–Crippen LogP) is 4.63. The van der Waals surface area contributed by atoms with Gasteiger partial charge >= 0.3 is 12.1 Å². The summed E-state index contributed by atoms with van der Waals surface area (Å²) in [4.78, 5) is 53.6. The van der Waals surface area contributed by atoms with Crippen LogP contribution in [0.5, 0.6) is 0 Å². The van der Waals surface area contributed by atoms with Crippen LogP contribution in [0.4, 0.5) is 4.79 Å². The molecule has 2 fully saturated rings. The highest BCUT2D eigenvalue weighted by Gasteiger charge is 2.63. The number of H-pyrrole nitrogens is 1. The van der Waals surface area contributed by atoms with E-state index in [1.165, 1.54) is 0 Å². The number of benzene rings is 2. The van der Waals surface area contributed by atoms with E-state index < -0.39 is 36.0 Å². The van der Waals surface area contributed by atoms with Gasteiger partial charge in [-0.15, -0.1) is 0 Å². The lowest BCUT2D eigenvalue weighted by Crippen LogP contribution is -2.51. The number of para-hydroxylation sites is 1. The summed E-state index contributed by atoms with van der Waals surface area (Å²) in [6.07, 6.45) is 5.79. The van der Waals surface area contributed by atoms with E-state index in [0.29, 0.717) is 5.92 Å². The number of aromatic nitrogens is 1. The number of hydrogen-bond acceptors (Lipinski definition) is 5. The molecular weight excluding hydrogens is 560 g/mol. The van der Waals surface area contributed by atoms with E-state index in [-0.39, 0.29) is 29.9 Å². The molecule has 44 heavy (non-hydrogen) atoms. The summed E-state index contributed by atoms with van der Waals surface area (Å²) in [6.45, 7) is 6.70. The van der Waals surface area contributed by atoms with Crippen molar-refractivity contribution in [1.29, 1.82) is 0 Å². The van der Waals surface area contributed by atoms with Gasteiger partial charge in [-0.05, 0) is 47.8 Å². The number of ether oxygens (including phenoxy) is 1. The van der Waals surface area contributed by atoms with Gasteiger partial charge in [-0.25, -0.2) is 9.59 Å². The number of aliphatic carboxylic acids is 1. The fourth-order valence-corrected chi connectivity index (χ4v) is 6.97. The van der Waals surface area contributed by atoms with Crippen LogP contribution in [0.3, 0.4) is 0 Å². The molecule has 0 spiro atoms. The lowest BCUT2D eigenvalue weighted by molar-refractivity contribution is -0.131. The summed E-state index contributed by atoms with van der Waals surface area (Å²) in [6, 6.07) is 15.2. The third kappa shape index (κ3) is 6.34. The first-order valence-corrected chi connectivity index (χ1v) is 15.0. The summed E-state index contributed by atoms with van der Waals surface area (Å²) < 4.78 is 6.01. The van der Waals surface area contributed by atoms with Gasteiger partial charge in [-0.2, -0.15) is 0 Å². The number of carboxylic acid groups (broad SMARTS) is 1. The van der Waals surface area contributed by atoms with Gasteiger partial charge in [0, 0.05) is 47.6 Å². The molecule has 10 nitrogen and oxygen atoms in total. The Labute approximate surface area is 256 Å². The van der Waals surface area contributed by atoms with Gasteiger partial charge in [0.05, 0.1) is 6.04 Å². The molecule has 0 saturated heterocycles. The molecule has 1 aromatic heterocycles. The van der Waals surface area contributed by atoms with E-state index >= 15 is 0 Å². The van der Waals surface area contributed by atoms with Crippen LogP contribution >= 0.6 is 0 Å². The minimum atomic E-state index is -1.24. The van der Waals surface area contributed by atoms with Crippen molar-refractivity contribution in [2.45, 2.75) is 64.6 Å². The van der Waals surface area contributed by atoms with Crippen molar-refractivity contribution in [2.24, 2.45) is 16.7 Å². The number of aromatic amines is 1. The molecule has 5 rings (SSSR count). The molecule has 3 aromatic rings. The highest BCUT2D eigenvalue weighted by molar-refractivity contribution is 5.94. The van der Waals surface area contributed by atoms with Crippen LogP contribution in [0.2, 0.25) is 0 Å². The molecule has 0 aliphatic heterocycles. The highest BCUT2D eigenvalue weighted by atomic mass is 16.6. The minimum absolute atomic E-state index is 0.00712. The van der Waals surface area contributed by atoms with Gasteiger partial charge in [0.25, 0.3) is 0 Å². The maximum atomic E-state index is 13.7. The molecule has 5 N–H and O–H groups in total. The molecule has 2 aliphatic rings. The number of alkyl carbamates (subject to hydrolysis) is 1. The third-order valence-electron chi connectivity index (χ3n) is 10.0. The average molecular weight is 601 g/mol. The normalized spacial score (nSPS) is 23.2. The second-order valence-corrected chi connectivity index (χ2v) is 12.7. The lowest BCUT2D eigenvalue weighted by Gasteiger charge is -2.38. The molecule has 1 heterocycles. The number of carbonyl (C=O) groups is 4. The molecule has 10 heteroatoms. The molecule has 5 atom stereocenters. The smallest absolute Gasteiger partial charge is 0.408 e. The Hall–Kier alpha value is -4.60. The Kier molecular flexibility index (Phi) is 8.80. The fraction of sp³-hybridized carbons (Fsp3) is 0.412. The van der Waals surface area contributed by atoms with Gasteiger partial charge in [0.15, 0.2) is 0 Å². The maximum Gasteiger partial charge on any atom is 0.408 e. The number of rotatable bonds is 11. The first-order valence-electron chi connectivity index (χ1n) is 15.0. The second kappa shape index (κ2) is 12.6. The van der Waals surface area contributed by atoms with Gasteiger partial charge < -0.3 is 30.8 Å². The SMILES string of the molecule is CC1(C)C2CCC1(C)[C@@H](OC(=O)N[C@H](Cc1c[nH]c3ccccc13)C(=O)NC[C@H](NC(=O)/C=C/C(=O)O)c1ccccc1)C2. The van der Waals surface area contributed by atoms with Crippen LogP contribution in [0, 0.1) is 16.7 Å². The van der Waals surface area contributed by atoms with Crippen LogP contribution in [0.15, 0.2) is 72.9 Å². The van der Waals surface area contributed by atoms with Crippen molar-refractivity contribution in [3.63, 3.8) is 0 Å². The number of amides is 3. The highest BCUT2D eigenvalue weighted by Crippen LogP contribution is 2.66. The van der Waals surface area contributed by atoms with Crippen molar-refractivity contribution >= 4 is 34.8 Å². The van der Waals surface area contributed by atoms with Crippen LogP contribution in [-0.4, -0.2) is 52.7 Å². The van der Waals surface area contributed by atoms with E-state index in [4.69, 9.17) is 9.84 Å². The van der Waals surface area contributed by atoms with Crippen molar-refractivity contribution < 1.29 is 29.0 Å². The molecule has 2 aromatic carbocycles. The van der Waals surface area contributed by atoms with Crippen molar-refractivity contribution in [1.82, 2.24) is 20.9 Å². The Balaban J connectivity index is 1.32. The molecule has 2 bridgehead atoms. The van der Waals surface area contributed by atoms with E-state index in [2.05, 4.69) is 41.7 Å². The summed E-state index contributed by atoms with van der Waals surface area (Å²) in [5, 5.41) is 18.3. The quantitative estimate of drug-likeness (QED) is 0.203. The van der Waals surface area contributed by atoms with E-state index in [1.54, 1.807) is 24.3 Å². The Morgan fingerprint density at radius 3 is 2.43 bits per heavy atom. The van der Waals surface area contributed by atoms with Gasteiger partial charge in [-0.1, -0.05) is 69.3 Å². The molecule has 2 saturated carbocycles. The largest absolute Gasteiger partial charge is 0.478 e. The maximum absolute atomic E-state index is 13.7. The van der Waals surface area contributed by atoms with Crippen molar-refractivity contribution in [2.75, 3.05) is 6.54 Å². The molecule has 2 unspecified atom stereocenters. The zero-order chi connectivity index (χ0) is 31.5. The summed E-state index contributed by atoms with van der Waals surface area (Å²) in [7, 11) is 0. The molecule has 232 valence electrons. The second-order valence-electron chi connectivity index (χ2n) is 12.7. The van der Waals surface area contributed by atoms with Crippen LogP contribution in [-0.2, 0) is 25.5 Å². The Morgan fingerprint density at radius 1 is 1.02 bits per heavy atom. The first-order chi connectivity index (χ1) is 21.0. The van der Waals surface area contributed by atoms with Crippen LogP contribution in [0.25, 0.3) is 10.9 Å². The van der Waals surface area contributed by atoms with E-state index in [1.807, 2.05) is 36.5 Å². The zero-order valence-electron chi connectivity index (χ0n) is 25.3. The first kappa shape index (κ1) is 30.8. The minimum Gasteiger partial charge on any atom is -0.478 e. The predicted molar refractivity (Wildman–Crippen MR) is 166 cm³/mol. The molecule has 0 radical (unpaired) electrons. The van der Waals surface area contributed by atoms with Crippen LogP contribution in [0.1, 0.15) is 57.2 Å². The Bertz CT molecular complexity index is 1560. The molecular formula is C34H40N4O6. The number of carboxylic acids is 1. The third-order valence-corrected chi connectivity index (χ3v) is 10.0. The number of nitrogens with one attached hydrogen (secondary N) is 4. The Morgan fingerprint density at radius 2 is 1.75 bits per heavy atom. The topological polar surface area (TPSA) is 150 Å². The fourth-order valence-electron chi connectivity index (χ4n) is 6.97. The summed E-state index contributed by atoms with van der Waals surface area (Å²) in [5.74, 6) is -1.81. The summed E-state index contributed by atoms with van der Waals surface area (Å²) in [5.41, 5.74) is 2.44. The zero-order valence-corrected chi connectivity index (χ0v) is 25.3. The van der Waals surface area contributed by atoms with Crippen molar-refractivity contribution in [3.05, 3.63) is 84.1 Å². The number of carbonyl (C=O) groups excluding carboxylic acids is 3. The van der Waals surface area contributed by atoms with Gasteiger partial charge in [0.2, 0.25) is 11.8 Å². The monoisotopic (exact) mass is 600 g/mol. The van der Waals surface area contributed by atoms with Gasteiger partial charge in [-0.3, -0.25) is 9.59 Å². The van der Waals surface area contributed by atoms with Crippen molar-refractivity contribution in [3.8, 4) is 0 Å². The number of hydrogen-bond donors (Lipinski definition) is 5. The van der Waals surface area contributed by atoms with E-state index in [0.717, 1.165) is 53.4 Å².